The molecule has 1 atom stereocenters. The molecule has 0 radical (unpaired) electrons. The Labute approximate surface area is 55.2 Å². The van der Waals surface area contributed by atoms with Gasteiger partial charge in [-0.05, 0) is 14.1 Å². The standard InChI is InChI=1S/C5H14N2O2/c1-7(2)3-5(8)4-9-6/h5,8H,3-4,6H2,1-2H3. The van der Waals surface area contributed by atoms with Crippen molar-refractivity contribution in [1.82, 2.24) is 4.90 Å². The molecule has 0 fully saturated rings. The minimum Gasteiger partial charge on any atom is -0.389 e. The van der Waals surface area contributed by atoms with Crippen molar-refractivity contribution in [3.05, 3.63) is 0 Å². The number of nitrogens with two attached hydrogens (primary N) is 1. The van der Waals surface area contributed by atoms with Crippen molar-refractivity contribution in [1.29, 1.82) is 0 Å². The van der Waals surface area contributed by atoms with Crippen LogP contribution in [0.25, 0.3) is 0 Å². The van der Waals surface area contributed by atoms with Gasteiger partial charge in [0.1, 0.15) is 0 Å². The zero-order valence-electron chi connectivity index (χ0n) is 5.87. The van der Waals surface area contributed by atoms with Crippen molar-refractivity contribution in [2.45, 2.75) is 6.10 Å². The van der Waals surface area contributed by atoms with Crippen LogP contribution in [0.5, 0.6) is 0 Å². The molecule has 3 N–H and O–H groups in total. The fourth-order valence-electron chi connectivity index (χ4n) is 0.585. The molecule has 4 nitrogen and oxygen atoms in total. The maximum absolute atomic E-state index is 8.97. The van der Waals surface area contributed by atoms with Gasteiger partial charge in [-0.25, -0.2) is 5.90 Å². The predicted molar refractivity (Wildman–Crippen MR) is 34.7 cm³/mol. The summed E-state index contributed by atoms with van der Waals surface area (Å²) in [6.07, 6.45) is -0.481. The van der Waals surface area contributed by atoms with Crippen LogP contribution >= 0.6 is 0 Å². The summed E-state index contributed by atoms with van der Waals surface area (Å²) in [6.45, 7) is 0.773. The van der Waals surface area contributed by atoms with Crippen LogP contribution in [0.2, 0.25) is 0 Å². The molecule has 0 rings (SSSR count). The van der Waals surface area contributed by atoms with Crippen molar-refractivity contribution < 1.29 is 9.94 Å². The average Bonchev–Trinajstić information content (AvgIpc) is 1.63. The van der Waals surface area contributed by atoms with Gasteiger partial charge in [0.2, 0.25) is 0 Å². The minimum absolute atomic E-state index is 0.193. The van der Waals surface area contributed by atoms with Crippen LogP contribution in [0.3, 0.4) is 0 Å². The quantitative estimate of drug-likeness (QED) is 0.474. The van der Waals surface area contributed by atoms with Crippen molar-refractivity contribution in [2.24, 2.45) is 5.90 Å². The molecule has 0 aromatic carbocycles. The Balaban J connectivity index is 3.15. The summed E-state index contributed by atoms with van der Waals surface area (Å²) < 4.78 is 0. The second-order valence-electron chi connectivity index (χ2n) is 2.25. The van der Waals surface area contributed by atoms with E-state index in [1.807, 2.05) is 19.0 Å². The molecule has 0 saturated carbocycles. The van der Waals surface area contributed by atoms with E-state index in [1.165, 1.54) is 0 Å². The summed E-state index contributed by atoms with van der Waals surface area (Å²) >= 11 is 0. The maximum atomic E-state index is 8.97. The molecule has 0 amide bonds. The van der Waals surface area contributed by atoms with Gasteiger partial charge in [0.05, 0.1) is 12.7 Å². The first-order chi connectivity index (χ1) is 4.16. The Morgan fingerprint density at radius 1 is 1.67 bits per heavy atom. The van der Waals surface area contributed by atoms with E-state index in [4.69, 9.17) is 11.0 Å². The maximum Gasteiger partial charge on any atom is 0.0951 e. The summed E-state index contributed by atoms with van der Waals surface area (Å²) in [6, 6.07) is 0. The topological polar surface area (TPSA) is 58.7 Å². The fraction of sp³-hybridized carbons (Fsp3) is 1.00. The van der Waals surface area contributed by atoms with Crippen LogP contribution in [-0.2, 0) is 4.84 Å². The van der Waals surface area contributed by atoms with Gasteiger partial charge in [0.15, 0.2) is 0 Å². The number of rotatable bonds is 4. The van der Waals surface area contributed by atoms with Crippen LogP contribution in [-0.4, -0.2) is 43.4 Å². The largest absolute Gasteiger partial charge is 0.389 e. The van der Waals surface area contributed by atoms with Gasteiger partial charge in [0, 0.05) is 6.54 Å². The van der Waals surface area contributed by atoms with Gasteiger partial charge in [-0.1, -0.05) is 0 Å². The lowest BCUT2D eigenvalue weighted by molar-refractivity contribution is 0.0239. The number of hydrogen-bond acceptors (Lipinski definition) is 4. The van der Waals surface area contributed by atoms with E-state index in [0.29, 0.717) is 6.54 Å². The van der Waals surface area contributed by atoms with Crippen LogP contribution in [0, 0.1) is 0 Å². The van der Waals surface area contributed by atoms with Crippen LogP contribution in [0.1, 0.15) is 0 Å². The highest BCUT2D eigenvalue weighted by Crippen LogP contribution is 1.84. The molecule has 0 heterocycles. The molecular weight excluding hydrogens is 120 g/mol. The second-order valence-corrected chi connectivity index (χ2v) is 2.25. The van der Waals surface area contributed by atoms with E-state index in [2.05, 4.69) is 4.84 Å². The van der Waals surface area contributed by atoms with E-state index >= 15 is 0 Å². The molecule has 0 aliphatic carbocycles. The first-order valence-electron chi connectivity index (χ1n) is 2.81. The summed E-state index contributed by atoms with van der Waals surface area (Å²) in [5.74, 6) is 4.73. The van der Waals surface area contributed by atoms with Crippen LogP contribution in [0.4, 0.5) is 0 Å². The number of nitrogens with zero attached hydrogens (tertiary/aromatic N) is 1. The van der Waals surface area contributed by atoms with Crippen molar-refractivity contribution >= 4 is 0 Å². The number of likely N-dealkylation sites (N-methyl/N-ethyl adjacent to an activating group) is 1. The summed E-state index contributed by atoms with van der Waals surface area (Å²) in [4.78, 5) is 6.09. The average molecular weight is 134 g/mol. The smallest absolute Gasteiger partial charge is 0.0951 e. The zero-order valence-corrected chi connectivity index (χ0v) is 5.87. The molecule has 0 bridgehead atoms. The molecule has 56 valence electrons. The highest BCUT2D eigenvalue weighted by atomic mass is 16.6. The van der Waals surface area contributed by atoms with E-state index in [-0.39, 0.29) is 6.61 Å². The molecule has 0 aromatic rings. The van der Waals surface area contributed by atoms with Crippen LogP contribution < -0.4 is 5.90 Å². The molecule has 0 aliphatic rings. The van der Waals surface area contributed by atoms with Gasteiger partial charge >= 0.3 is 0 Å². The van der Waals surface area contributed by atoms with E-state index in [0.717, 1.165) is 0 Å². The predicted octanol–water partition coefficient (Wildman–Crippen LogP) is -1.20. The lowest BCUT2D eigenvalue weighted by Gasteiger charge is -2.13. The van der Waals surface area contributed by atoms with E-state index < -0.39 is 6.10 Å². The Morgan fingerprint density at radius 3 is 2.56 bits per heavy atom. The Bertz CT molecular complexity index is 68.0. The molecule has 0 aromatic heterocycles. The lowest BCUT2D eigenvalue weighted by Crippen LogP contribution is -2.30. The number of aliphatic hydroxyl groups is 1. The van der Waals surface area contributed by atoms with Crippen molar-refractivity contribution in [3.8, 4) is 0 Å². The number of aliphatic hydroxyl groups excluding tert-OH is 1. The van der Waals surface area contributed by atoms with E-state index in [1.54, 1.807) is 0 Å². The normalized spacial score (nSPS) is 14.3. The molecule has 1 unspecified atom stereocenters. The molecule has 0 saturated heterocycles. The van der Waals surface area contributed by atoms with E-state index in [9.17, 15) is 0 Å². The first kappa shape index (κ1) is 8.84. The second kappa shape index (κ2) is 4.69. The Hall–Kier alpha value is -0.160. The lowest BCUT2D eigenvalue weighted by atomic mass is 10.4. The van der Waals surface area contributed by atoms with Gasteiger partial charge in [-0.15, -0.1) is 0 Å². The highest BCUT2D eigenvalue weighted by molar-refractivity contribution is 4.55. The third kappa shape index (κ3) is 5.72. The summed E-state index contributed by atoms with van der Waals surface area (Å²) in [5, 5.41) is 8.97. The molecule has 0 spiro atoms. The molecule has 9 heavy (non-hydrogen) atoms. The SMILES string of the molecule is CN(C)CC(O)CON. The Morgan fingerprint density at radius 2 is 2.22 bits per heavy atom. The monoisotopic (exact) mass is 134 g/mol. The third-order valence-electron chi connectivity index (χ3n) is 0.865. The highest BCUT2D eigenvalue weighted by Gasteiger charge is 2.03. The third-order valence-corrected chi connectivity index (χ3v) is 0.865. The Kier molecular flexibility index (Phi) is 4.61. The fourth-order valence-corrected chi connectivity index (χ4v) is 0.585. The molecular formula is C5H14N2O2. The van der Waals surface area contributed by atoms with Crippen molar-refractivity contribution in [3.63, 3.8) is 0 Å². The van der Waals surface area contributed by atoms with Crippen molar-refractivity contribution in [2.75, 3.05) is 27.2 Å². The van der Waals surface area contributed by atoms with Crippen LogP contribution in [0.15, 0.2) is 0 Å². The summed E-state index contributed by atoms with van der Waals surface area (Å²) in [7, 11) is 3.75. The molecule has 4 heteroatoms. The minimum atomic E-state index is -0.481. The number of hydrogen-bond donors (Lipinski definition) is 2. The zero-order chi connectivity index (χ0) is 7.28. The van der Waals surface area contributed by atoms with Gasteiger partial charge in [-0.2, -0.15) is 0 Å². The summed E-state index contributed by atoms with van der Waals surface area (Å²) in [5.41, 5.74) is 0. The van der Waals surface area contributed by atoms with Gasteiger partial charge < -0.3 is 14.8 Å². The molecule has 0 aliphatic heterocycles. The van der Waals surface area contributed by atoms with Gasteiger partial charge in [-0.3, -0.25) is 0 Å². The first-order valence-corrected chi connectivity index (χ1v) is 2.81. The van der Waals surface area contributed by atoms with Gasteiger partial charge in [0.25, 0.3) is 0 Å².